The summed E-state index contributed by atoms with van der Waals surface area (Å²) >= 11 is 1.39. The van der Waals surface area contributed by atoms with E-state index in [1.54, 1.807) is 23.7 Å². The molecule has 1 fully saturated rings. The number of benzene rings is 1. The van der Waals surface area contributed by atoms with Crippen LogP contribution in [0.4, 0.5) is 15.3 Å². The van der Waals surface area contributed by atoms with Crippen LogP contribution in [0, 0.1) is 5.82 Å². The number of rotatable bonds is 5. The van der Waals surface area contributed by atoms with E-state index in [9.17, 15) is 4.39 Å². The highest BCUT2D eigenvalue weighted by Gasteiger charge is 2.12. The summed E-state index contributed by atoms with van der Waals surface area (Å²) in [7, 11) is 0. The molecule has 0 unspecified atom stereocenters. The van der Waals surface area contributed by atoms with E-state index in [0.29, 0.717) is 10.9 Å². The standard InChI is InChI=1S/C17H22FN5S/c18-15-6-5-13(10-20-22-17-21-16(19)12-24-17)14(9-15)11-23-7-3-1-2-4-8-23/h5-6,9-10,12H,1-4,7-8,11,19H2,(H,21,22). The number of likely N-dealkylation sites (tertiary alicyclic amines) is 1. The maximum Gasteiger partial charge on any atom is 0.205 e. The van der Waals surface area contributed by atoms with E-state index in [-0.39, 0.29) is 5.82 Å². The second kappa shape index (κ2) is 8.21. The van der Waals surface area contributed by atoms with Gasteiger partial charge in [0.2, 0.25) is 5.13 Å². The van der Waals surface area contributed by atoms with Crippen molar-refractivity contribution in [2.24, 2.45) is 5.10 Å². The SMILES string of the molecule is Nc1csc(NN=Cc2ccc(F)cc2CN2CCCCCC2)n1. The Morgan fingerprint density at radius 1 is 1.29 bits per heavy atom. The summed E-state index contributed by atoms with van der Waals surface area (Å²) in [5.41, 5.74) is 10.3. The van der Waals surface area contributed by atoms with E-state index in [4.69, 9.17) is 5.73 Å². The maximum absolute atomic E-state index is 13.7. The number of hydrogen-bond acceptors (Lipinski definition) is 6. The number of nitrogen functional groups attached to an aromatic ring is 1. The molecule has 128 valence electrons. The minimum atomic E-state index is -0.211. The molecule has 5 nitrogen and oxygen atoms in total. The molecule has 0 aliphatic carbocycles. The molecule has 24 heavy (non-hydrogen) atoms. The molecule has 0 spiro atoms. The van der Waals surface area contributed by atoms with Crippen LogP contribution in [0.15, 0.2) is 28.7 Å². The minimum Gasteiger partial charge on any atom is -0.383 e. The molecule has 7 heteroatoms. The van der Waals surface area contributed by atoms with Crippen LogP contribution in [0.25, 0.3) is 0 Å². The topological polar surface area (TPSA) is 66.5 Å². The summed E-state index contributed by atoms with van der Waals surface area (Å²) in [5, 5.41) is 6.59. The van der Waals surface area contributed by atoms with Crippen molar-refractivity contribution in [3.63, 3.8) is 0 Å². The molecule has 0 bridgehead atoms. The van der Waals surface area contributed by atoms with Gasteiger partial charge in [0.1, 0.15) is 11.6 Å². The van der Waals surface area contributed by atoms with Crippen molar-refractivity contribution in [3.8, 4) is 0 Å². The number of nitrogens with one attached hydrogen (secondary N) is 1. The summed E-state index contributed by atoms with van der Waals surface area (Å²) in [4.78, 5) is 6.48. The van der Waals surface area contributed by atoms with E-state index >= 15 is 0 Å². The highest BCUT2D eigenvalue weighted by atomic mass is 32.1. The second-order valence-corrected chi connectivity index (χ2v) is 6.84. The molecule has 1 aliphatic heterocycles. The zero-order chi connectivity index (χ0) is 16.8. The lowest BCUT2D eigenvalue weighted by Gasteiger charge is -2.20. The molecule has 2 heterocycles. The van der Waals surface area contributed by atoms with Gasteiger partial charge in [-0.15, -0.1) is 11.3 Å². The van der Waals surface area contributed by atoms with Crippen LogP contribution < -0.4 is 11.2 Å². The maximum atomic E-state index is 13.7. The van der Waals surface area contributed by atoms with Crippen molar-refractivity contribution in [1.29, 1.82) is 0 Å². The number of halogens is 1. The third-order valence-corrected chi connectivity index (χ3v) is 4.85. The predicted octanol–water partition coefficient (Wildman–Crippen LogP) is 3.69. The number of hydrazone groups is 1. The van der Waals surface area contributed by atoms with Crippen molar-refractivity contribution >= 4 is 28.5 Å². The van der Waals surface area contributed by atoms with Gasteiger partial charge in [-0.1, -0.05) is 18.9 Å². The lowest BCUT2D eigenvalue weighted by atomic mass is 10.1. The molecule has 1 saturated heterocycles. The Bertz CT molecular complexity index is 692. The fourth-order valence-electron chi connectivity index (χ4n) is 2.87. The van der Waals surface area contributed by atoms with Gasteiger partial charge in [0.25, 0.3) is 0 Å². The Morgan fingerprint density at radius 3 is 2.79 bits per heavy atom. The third kappa shape index (κ3) is 4.75. The van der Waals surface area contributed by atoms with E-state index in [0.717, 1.165) is 30.8 Å². The molecular formula is C17H22FN5S. The second-order valence-electron chi connectivity index (χ2n) is 5.98. The van der Waals surface area contributed by atoms with Crippen LogP contribution in [0.2, 0.25) is 0 Å². The lowest BCUT2D eigenvalue weighted by molar-refractivity contribution is 0.276. The van der Waals surface area contributed by atoms with Crippen LogP contribution in [0.1, 0.15) is 36.8 Å². The van der Waals surface area contributed by atoms with Crippen LogP contribution in [-0.2, 0) is 6.54 Å². The van der Waals surface area contributed by atoms with Gasteiger partial charge in [-0.3, -0.25) is 10.3 Å². The van der Waals surface area contributed by atoms with Gasteiger partial charge in [-0.25, -0.2) is 9.37 Å². The van der Waals surface area contributed by atoms with E-state index < -0.39 is 0 Å². The Morgan fingerprint density at radius 2 is 2.08 bits per heavy atom. The van der Waals surface area contributed by atoms with Gasteiger partial charge >= 0.3 is 0 Å². The molecule has 3 rings (SSSR count). The van der Waals surface area contributed by atoms with E-state index in [2.05, 4.69) is 20.4 Å². The summed E-state index contributed by atoms with van der Waals surface area (Å²) < 4.78 is 13.7. The van der Waals surface area contributed by atoms with Crippen molar-refractivity contribution in [1.82, 2.24) is 9.88 Å². The summed E-state index contributed by atoms with van der Waals surface area (Å²) in [6.45, 7) is 2.90. The van der Waals surface area contributed by atoms with Crippen LogP contribution in [-0.4, -0.2) is 29.2 Å². The zero-order valence-electron chi connectivity index (χ0n) is 13.5. The first kappa shape index (κ1) is 16.9. The summed E-state index contributed by atoms with van der Waals surface area (Å²) in [6, 6.07) is 4.84. The van der Waals surface area contributed by atoms with Crippen molar-refractivity contribution in [2.75, 3.05) is 24.2 Å². The summed E-state index contributed by atoms with van der Waals surface area (Å²) in [5.74, 6) is 0.263. The molecule has 0 radical (unpaired) electrons. The molecule has 1 aliphatic rings. The Hall–Kier alpha value is -1.99. The molecule has 1 aromatic carbocycles. The highest BCUT2D eigenvalue weighted by Crippen LogP contribution is 2.18. The molecular weight excluding hydrogens is 325 g/mol. The van der Waals surface area contributed by atoms with Crippen LogP contribution in [0.5, 0.6) is 0 Å². The van der Waals surface area contributed by atoms with Gasteiger partial charge in [0.05, 0.1) is 6.21 Å². The van der Waals surface area contributed by atoms with E-state index in [1.165, 1.54) is 43.1 Å². The van der Waals surface area contributed by atoms with Crippen LogP contribution in [0.3, 0.4) is 0 Å². The number of nitrogens with zero attached hydrogens (tertiary/aromatic N) is 3. The van der Waals surface area contributed by atoms with Crippen molar-refractivity contribution in [2.45, 2.75) is 32.2 Å². The first-order valence-electron chi connectivity index (χ1n) is 8.21. The van der Waals surface area contributed by atoms with E-state index in [1.807, 2.05) is 0 Å². The lowest BCUT2D eigenvalue weighted by Crippen LogP contribution is -2.24. The third-order valence-electron chi connectivity index (χ3n) is 4.08. The fourth-order valence-corrected chi connectivity index (χ4v) is 3.42. The quantitative estimate of drug-likeness (QED) is 0.639. The Labute approximate surface area is 145 Å². The Balaban J connectivity index is 1.69. The average Bonchev–Trinajstić information content (AvgIpc) is 2.81. The summed E-state index contributed by atoms with van der Waals surface area (Å²) in [6.07, 6.45) is 6.71. The monoisotopic (exact) mass is 347 g/mol. The number of nitrogens with two attached hydrogens (primary N) is 1. The van der Waals surface area contributed by atoms with Crippen molar-refractivity contribution in [3.05, 3.63) is 40.5 Å². The average molecular weight is 347 g/mol. The molecule has 0 atom stereocenters. The number of thiazole rings is 1. The first-order chi connectivity index (χ1) is 11.7. The van der Waals surface area contributed by atoms with Crippen molar-refractivity contribution < 1.29 is 4.39 Å². The van der Waals surface area contributed by atoms with Gasteiger partial charge in [0, 0.05) is 11.9 Å². The Kier molecular flexibility index (Phi) is 5.77. The van der Waals surface area contributed by atoms with Gasteiger partial charge in [0.15, 0.2) is 0 Å². The molecule has 1 aromatic heterocycles. The number of hydrogen-bond donors (Lipinski definition) is 2. The smallest absolute Gasteiger partial charge is 0.205 e. The largest absolute Gasteiger partial charge is 0.383 e. The van der Waals surface area contributed by atoms with Crippen LogP contribution >= 0.6 is 11.3 Å². The molecule has 3 N–H and O–H groups in total. The molecule has 2 aromatic rings. The molecule has 0 amide bonds. The minimum absolute atomic E-state index is 0.211. The number of anilines is 2. The predicted molar refractivity (Wildman–Crippen MR) is 97.9 cm³/mol. The highest BCUT2D eigenvalue weighted by molar-refractivity contribution is 7.14. The first-order valence-corrected chi connectivity index (χ1v) is 9.09. The normalized spacial score (nSPS) is 16.4. The van der Waals surface area contributed by atoms with Gasteiger partial charge in [-0.05, 0) is 49.2 Å². The zero-order valence-corrected chi connectivity index (χ0v) is 14.4. The van der Waals surface area contributed by atoms with Gasteiger partial charge in [-0.2, -0.15) is 5.10 Å². The molecule has 0 saturated carbocycles. The van der Waals surface area contributed by atoms with Gasteiger partial charge < -0.3 is 5.73 Å². The number of aromatic nitrogens is 1. The fraction of sp³-hybridized carbons (Fsp3) is 0.412.